The second kappa shape index (κ2) is 7.07. The molecule has 0 unspecified atom stereocenters. The number of benzene rings is 1. The van der Waals surface area contributed by atoms with Crippen LogP contribution >= 0.6 is 11.8 Å². The van der Waals surface area contributed by atoms with Crippen molar-refractivity contribution in [3.8, 4) is 0 Å². The lowest BCUT2D eigenvalue weighted by atomic mass is 10.1. The van der Waals surface area contributed by atoms with E-state index in [1.54, 1.807) is 17.8 Å². The van der Waals surface area contributed by atoms with Crippen molar-refractivity contribution in [2.24, 2.45) is 0 Å². The summed E-state index contributed by atoms with van der Waals surface area (Å²) in [5, 5.41) is 9.91. The average molecular weight is 358 g/mol. The minimum atomic E-state index is -0.302. The van der Waals surface area contributed by atoms with Gasteiger partial charge in [0.15, 0.2) is 5.16 Å². The number of methoxy groups -OCH3 is 1. The fourth-order valence-electron chi connectivity index (χ4n) is 3.21. The molecule has 1 aromatic heterocycles. The van der Waals surface area contributed by atoms with E-state index in [9.17, 15) is 4.79 Å². The summed E-state index contributed by atoms with van der Waals surface area (Å²) in [6.45, 7) is 2.16. The van der Waals surface area contributed by atoms with Crippen LogP contribution in [0.2, 0.25) is 0 Å². The molecular formula is C18H22N4O2S. The number of hydrogen-bond acceptors (Lipinski definition) is 6. The van der Waals surface area contributed by atoms with E-state index in [4.69, 9.17) is 4.74 Å². The van der Waals surface area contributed by atoms with Gasteiger partial charge in [-0.1, -0.05) is 23.9 Å². The van der Waals surface area contributed by atoms with Crippen molar-refractivity contribution in [2.75, 3.05) is 25.1 Å². The van der Waals surface area contributed by atoms with Crippen molar-refractivity contribution >= 4 is 23.7 Å². The first kappa shape index (κ1) is 16.4. The Balaban J connectivity index is 1.50. The van der Waals surface area contributed by atoms with Gasteiger partial charge in [0.1, 0.15) is 0 Å². The van der Waals surface area contributed by atoms with Crippen LogP contribution in [-0.2, 0) is 10.5 Å². The summed E-state index contributed by atoms with van der Waals surface area (Å²) in [6.07, 6.45) is 4.90. The zero-order valence-corrected chi connectivity index (χ0v) is 15.2. The van der Waals surface area contributed by atoms with Gasteiger partial charge in [0.25, 0.3) is 0 Å². The van der Waals surface area contributed by atoms with Gasteiger partial charge in [-0.05, 0) is 43.4 Å². The van der Waals surface area contributed by atoms with Crippen LogP contribution in [0, 0.1) is 0 Å². The van der Waals surface area contributed by atoms with Crippen molar-refractivity contribution < 1.29 is 9.53 Å². The second-order valence-corrected chi connectivity index (χ2v) is 7.50. The number of anilines is 1. The lowest BCUT2D eigenvalue weighted by Gasteiger charge is -2.18. The molecule has 132 valence electrons. The second-order valence-electron chi connectivity index (χ2n) is 6.56. The van der Waals surface area contributed by atoms with E-state index >= 15 is 0 Å². The molecule has 1 aliphatic heterocycles. The third-order valence-electron chi connectivity index (χ3n) is 4.66. The summed E-state index contributed by atoms with van der Waals surface area (Å²) in [5.41, 5.74) is 1.67. The van der Waals surface area contributed by atoms with E-state index in [1.165, 1.54) is 32.8 Å². The van der Waals surface area contributed by atoms with E-state index in [-0.39, 0.29) is 5.97 Å². The molecule has 4 rings (SSSR count). The molecule has 7 heteroatoms. The molecular weight excluding hydrogens is 336 g/mol. The van der Waals surface area contributed by atoms with Crippen LogP contribution < -0.4 is 4.90 Å². The first-order valence-corrected chi connectivity index (χ1v) is 9.75. The number of thioether (sulfide) groups is 1. The lowest BCUT2D eigenvalue weighted by molar-refractivity contribution is 0.0600. The highest BCUT2D eigenvalue weighted by Crippen LogP contribution is 2.41. The Labute approximate surface area is 151 Å². The number of carbonyl (C=O) groups excluding carboxylic acids is 1. The highest BCUT2D eigenvalue weighted by Gasteiger charge is 2.32. The Morgan fingerprint density at radius 3 is 2.80 bits per heavy atom. The number of ether oxygens (including phenoxy) is 1. The smallest absolute Gasteiger partial charge is 0.337 e. The summed E-state index contributed by atoms with van der Waals surface area (Å²) >= 11 is 1.69. The van der Waals surface area contributed by atoms with Gasteiger partial charge < -0.3 is 9.64 Å². The van der Waals surface area contributed by atoms with Crippen LogP contribution in [0.15, 0.2) is 29.4 Å². The zero-order chi connectivity index (χ0) is 17.2. The first-order chi connectivity index (χ1) is 12.3. The fourth-order valence-corrected chi connectivity index (χ4v) is 4.15. The SMILES string of the molecule is COC(=O)c1cccc(CSc2nnc(N3CCCC3)n2C2CC2)c1. The highest BCUT2D eigenvalue weighted by molar-refractivity contribution is 7.98. The lowest BCUT2D eigenvalue weighted by Crippen LogP contribution is -2.22. The van der Waals surface area contributed by atoms with Crippen LogP contribution in [0.4, 0.5) is 5.95 Å². The van der Waals surface area contributed by atoms with Crippen molar-refractivity contribution in [3.05, 3.63) is 35.4 Å². The monoisotopic (exact) mass is 358 g/mol. The predicted molar refractivity (Wildman–Crippen MR) is 97.1 cm³/mol. The highest BCUT2D eigenvalue weighted by atomic mass is 32.2. The van der Waals surface area contributed by atoms with Gasteiger partial charge in [-0.2, -0.15) is 0 Å². The van der Waals surface area contributed by atoms with Gasteiger partial charge in [-0.15, -0.1) is 10.2 Å². The van der Waals surface area contributed by atoms with Crippen molar-refractivity contribution in [1.29, 1.82) is 0 Å². The molecule has 2 heterocycles. The number of carbonyl (C=O) groups is 1. The maximum Gasteiger partial charge on any atom is 0.337 e. The summed E-state index contributed by atoms with van der Waals surface area (Å²) in [6, 6.07) is 8.13. The van der Waals surface area contributed by atoms with Crippen molar-refractivity contribution in [1.82, 2.24) is 14.8 Å². The average Bonchev–Trinajstić information content (AvgIpc) is 3.17. The minimum Gasteiger partial charge on any atom is -0.465 e. The Bertz CT molecular complexity index is 766. The van der Waals surface area contributed by atoms with Crippen LogP contribution in [0.1, 0.15) is 47.6 Å². The van der Waals surface area contributed by atoms with Crippen molar-refractivity contribution in [2.45, 2.75) is 42.6 Å². The predicted octanol–water partition coefficient (Wildman–Crippen LogP) is 3.29. The molecule has 1 aromatic carbocycles. The number of hydrogen-bond donors (Lipinski definition) is 0. The van der Waals surface area contributed by atoms with E-state index in [1.807, 2.05) is 18.2 Å². The quantitative estimate of drug-likeness (QED) is 0.583. The van der Waals surface area contributed by atoms with Crippen LogP contribution in [0.5, 0.6) is 0 Å². The molecule has 2 aliphatic rings. The normalized spacial score (nSPS) is 17.1. The topological polar surface area (TPSA) is 60.2 Å². The maximum atomic E-state index is 11.7. The molecule has 1 saturated carbocycles. The Morgan fingerprint density at radius 1 is 1.28 bits per heavy atom. The molecule has 6 nitrogen and oxygen atoms in total. The number of rotatable bonds is 6. The first-order valence-electron chi connectivity index (χ1n) is 8.76. The summed E-state index contributed by atoms with van der Waals surface area (Å²) in [7, 11) is 1.40. The Morgan fingerprint density at radius 2 is 2.08 bits per heavy atom. The maximum absolute atomic E-state index is 11.7. The number of nitrogens with zero attached hydrogens (tertiary/aromatic N) is 4. The van der Waals surface area contributed by atoms with Crippen molar-refractivity contribution in [3.63, 3.8) is 0 Å². The molecule has 2 aromatic rings. The largest absolute Gasteiger partial charge is 0.465 e. The fraction of sp³-hybridized carbons (Fsp3) is 0.500. The van der Waals surface area contributed by atoms with Crippen LogP contribution in [-0.4, -0.2) is 40.9 Å². The summed E-state index contributed by atoms with van der Waals surface area (Å²) in [4.78, 5) is 14.0. The molecule has 0 N–H and O–H groups in total. The molecule has 1 aliphatic carbocycles. The van der Waals surface area contributed by atoms with Crippen LogP contribution in [0.3, 0.4) is 0 Å². The summed E-state index contributed by atoms with van der Waals surface area (Å²) < 4.78 is 7.12. The number of aromatic nitrogens is 3. The third-order valence-corrected chi connectivity index (χ3v) is 5.68. The third kappa shape index (κ3) is 3.51. The molecule has 0 atom stereocenters. The zero-order valence-electron chi connectivity index (χ0n) is 14.4. The van der Waals surface area contributed by atoms with E-state index in [0.29, 0.717) is 11.6 Å². The molecule has 0 amide bonds. The Hall–Kier alpha value is -2.02. The molecule has 1 saturated heterocycles. The van der Waals surface area contributed by atoms with E-state index < -0.39 is 0 Å². The van der Waals surface area contributed by atoms with E-state index in [2.05, 4.69) is 19.7 Å². The molecule has 2 fully saturated rings. The minimum absolute atomic E-state index is 0.302. The van der Waals surface area contributed by atoms with Gasteiger partial charge in [-0.3, -0.25) is 4.57 Å². The summed E-state index contributed by atoms with van der Waals surface area (Å²) in [5.74, 6) is 1.49. The molecule has 0 spiro atoms. The molecule has 0 radical (unpaired) electrons. The molecule has 0 bridgehead atoms. The molecule has 25 heavy (non-hydrogen) atoms. The van der Waals surface area contributed by atoms with Gasteiger partial charge in [-0.25, -0.2) is 4.79 Å². The van der Waals surface area contributed by atoms with Gasteiger partial charge in [0.05, 0.1) is 12.7 Å². The van der Waals surface area contributed by atoms with E-state index in [0.717, 1.165) is 35.5 Å². The Kier molecular flexibility index (Phi) is 4.65. The van der Waals surface area contributed by atoms with Gasteiger partial charge in [0, 0.05) is 24.9 Å². The van der Waals surface area contributed by atoms with Gasteiger partial charge >= 0.3 is 5.97 Å². The van der Waals surface area contributed by atoms with Crippen LogP contribution in [0.25, 0.3) is 0 Å². The number of esters is 1. The standard InChI is InChI=1S/C18H22N4O2S/c1-24-16(23)14-6-4-5-13(11-14)12-25-18-20-19-17(21-9-2-3-10-21)22(18)15-7-8-15/h4-6,11,15H,2-3,7-10,12H2,1H3. The van der Waals surface area contributed by atoms with Gasteiger partial charge in [0.2, 0.25) is 5.95 Å².